The third-order valence-electron chi connectivity index (χ3n) is 3.24. The molecule has 1 amide bonds. The number of hydrogen-bond acceptors (Lipinski definition) is 4. The number of aryl methyl sites for hydroxylation is 2. The molecule has 0 radical (unpaired) electrons. The number of hydrogen-bond donors (Lipinski definition) is 2. The van der Waals surface area contributed by atoms with Crippen molar-refractivity contribution in [2.75, 3.05) is 0 Å². The van der Waals surface area contributed by atoms with E-state index in [0.29, 0.717) is 16.7 Å². The molecule has 0 spiro atoms. The summed E-state index contributed by atoms with van der Waals surface area (Å²) in [6.07, 6.45) is 1.42. The number of amides is 1. The van der Waals surface area contributed by atoms with Gasteiger partial charge in [0.2, 0.25) is 5.88 Å². The van der Waals surface area contributed by atoms with Crippen LogP contribution in [0.1, 0.15) is 21.7 Å². The minimum absolute atomic E-state index is 0.115. The van der Waals surface area contributed by atoms with Crippen molar-refractivity contribution in [3.05, 3.63) is 47.4 Å². The smallest absolute Gasteiger partial charge is 0.298 e. The SMILES string of the molecule is Cc1ccc2[nH]c(O)c(N=NC(=O)c3ccoc3C)c2c1. The number of furan rings is 1. The van der Waals surface area contributed by atoms with E-state index in [2.05, 4.69) is 15.2 Å². The number of nitrogens with zero attached hydrogens (tertiary/aromatic N) is 2. The Bertz CT molecular complexity index is 858. The Labute approximate surface area is 120 Å². The molecule has 6 heteroatoms. The van der Waals surface area contributed by atoms with Gasteiger partial charge in [-0.1, -0.05) is 11.6 Å². The molecule has 6 nitrogen and oxygen atoms in total. The molecule has 0 saturated carbocycles. The van der Waals surface area contributed by atoms with E-state index in [1.807, 2.05) is 25.1 Å². The van der Waals surface area contributed by atoms with Crippen molar-refractivity contribution in [2.45, 2.75) is 13.8 Å². The molecule has 0 atom stereocenters. The normalized spacial score (nSPS) is 11.5. The first kappa shape index (κ1) is 13.1. The second kappa shape index (κ2) is 4.90. The Morgan fingerprint density at radius 3 is 2.81 bits per heavy atom. The first-order chi connectivity index (χ1) is 10.1. The number of azo groups is 1. The highest BCUT2D eigenvalue weighted by Crippen LogP contribution is 2.36. The van der Waals surface area contributed by atoms with Gasteiger partial charge in [0.15, 0.2) is 5.69 Å². The highest BCUT2D eigenvalue weighted by Gasteiger charge is 2.13. The third-order valence-corrected chi connectivity index (χ3v) is 3.24. The van der Waals surface area contributed by atoms with Crippen LogP contribution in [0.25, 0.3) is 10.9 Å². The summed E-state index contributed by atoms with van der Waals surface area (Å²) < 4.78 is 5.05. The van der Waals surface area contributed by atoms with E-state index >= 15 is 0 Å². The fourth-order valence-electron chi connectivity index (χ4n) is 2.13. The van der Waals surface area contributed by atoms with Crippen LogP contribution in [-0.4, -0.2) is 16.0 Å². The van der Waals surface area contributed by atoms with Crippen molar-refractivity contribution in [2.24, 2.45) is 10.2 Å². The lowest BCUT2D eigenvalue weighted by Gasteiger charge is -1.94. The number of aromatic hydroxyl groups is 1. The topological polar surface area (TPSA) is 91.0 Å². The summed E-state index contributed by atoms with van der Waals surface area (Å²) in [7, 11) is 0. The fourth-order valence-corrected chi connectivity index (χ4v) is 2.13. The molecule has 2 N–H and O–H groups in total. The van der Waals surface area contributed by atoms with Crippen molar-refractivity contribution >= 4 is 22.5 Å². The molecule has 3 aromatic rings. The highest BCUT2D eigenvalue weighted by atomic mass is 16.3. The number of nitrogens with one attached hydrogen (secondary N) is 1. The van der Waals surface area contributed by atoms with Crippen molar-refractivity contribution in [3.63, 3.8) is 0 Å². The Kier molecular flexibility index (Phi) is 3.06. The third kappa shape index (κ3) is 2.31. The number of aromatic nitrogens is 1. The van der Waals surface area contributed by atoms with Gasteiger partial charge < -0.3 is 14.5 Å². The van der Waals surface area contributed by atoms with Crippen molar-refractivity contribution in [1.82, 2.24) is 4.98 Å². The van der Waals surface area contributed by atoms with Crippen LogP contribution in [0.15, 0.2) is 45.2 Å². The molecule has 0 aliphatic rings. The van der Waals surface area contributed by atoms with Gasteiger partial charge in [0.25, 0.3) is 5.91 Å². The Morgan fingerprint density at radius 1 is 1.29 bits per heavy atom. The molecule has 2 aromatic heterocycles. The summed E-state index contributed by atoms with van der Waals surface area (Å²) in [5.74, 6) is -0.142. The molecule has 0 fully saturated rings. The summed E-state index contributed by atoms with van der Waals surface area (Å²) in [6, 6.07) is 7.16. The Hall–Kier alpha value is -2.89. The summed E-state index contributed by atoms with van der Waals surface area (Å²) in [4.78, 5) is 14.7. The van der Waals surface area contributed by atoms with E-state index in [9.17, 15) is 9.90 Å². The second-order valence-corrected chi connectivity index (χ2v) is 4.77. The number of carbonyl (C=O) groups is 1. The van der Waals surface area contributed by atoms with E-state index in [4.69, 9.17) is 4.42 Å². The largest absolute Gasteiger partial charge is 0.493 e. The van der Waals surface area contributed by atoms with Crippen LogP contribution in [-0.2, 0) is 0 Å². The minimum Gasteiger partial charge on any atom is -0.493 e. The number of benzene rings is 1. The number of fused-ring (bicyclic) bond motifs is 1. The zero-order valence-corrected chi connectivity index (χ0v) is 11.5. The van der Waals surface area contributed by atoms with Gasteiger partial charge in [0, 0.05) is 5.39 Å². The molecule has 3 rings (SSSR count). The van der Waals surface area contributed by atoms with Crippen LogP contribution in [0.3, 0.4) is 0 Å². The summed E-state index contributed by atoms with van der Waals surface area (Å²) >= 11 is 0. The van der Waals surface area contributed by atoms with Crippen LogP contribution in [0.4, 0.5) is 5.69 Å². The first-order valence-electron chi connectivity index (χ1n) is 6.37. The Morgan fingerprint density at radius 2 is 2.10 bits per heavy atom. The summed E-state index contributed by atoms with van der Waals surface area (Å²) in [6.45, 7) is 3.61. The standard InChI is InChI=1S/C15H13N3O3/c1-8-3-4-12-11(7-8)13(15(20)16-12)17-18-14(19)10-5-6-21-9(10)2/h3-7,16,20H,1-2H3. The van der Waals surface area contributed by atoms with Crippen molar-refractivity contribution in [3.8, 4) is 5.88 Å². The van der Waals surface area contributed by atoms with Crippen LogP contribution < -0.4 is 0 Å². The van der Waals surface area contributed by atoms with Crippen LogP contribution in [0, 0.1) is 13.8 Å². The molecule has 2 heterocycles. The van der Waals surface area contributed by atoms with E-state index in [0.717, 1.165) is 11.1 Å². The maximum atomic E-state index is 11.9. The first-order valence-corrected chi connectivity index (χ1v) is 6.37. The van der Waals surface area contributed by atoms with Crippen LogP contribution in [0.5, 0.6) is 5.88 Å². The van der Waals surface area contributed by atoms with E-state index in [-0.39, 0.29) is 11.6 Å². The predicted octanol–water partition coefficient (Wildman–Crippen LogP) is 4.01. The van der Waals surface area contributed by atoms with Gasteiger partial charge in [-0.3, -0.25) is 4.79 Å². The molecule has 0 aliphatic carbocycles. The molecular formula is C15H13N3O3. The monoisotopic (exact) mass is 283 g/mol. The maximum absolute atomic E-state index is 11.9. The van der Waals surface area contributed by atoms with Gasteiger partial charge in [-0.25, -0.2) is 0 Å². The highest BCUT2D eigenvalue weighted by molar-refractivity contribution is 5.97. The van der Waals surface area contributed by atoms with Gasteiger partial charge in [-0.15, -0.1) is 10.2 Å². The lowest BCUT2D eigenvalue weighted by molar-refractivity contribution is 0.0993. The van der Waals surface area contributed by atoms with E-state index in [1.165, 1.54) is 12.3 Å². The number of H-pyrrole nitrogens is 1. The molecule has 0 aliphatic heterocycles. The zero-order chi connectivity index (χ0) is 15.0. The molecule has 0 bridgehead atoms. The van der Waals surface area contributed by atoms with Gasteiger partial charge in [-0.05, 0) is 32.0 Å². The molecule has 0 saturated heterocycles. The number of aromatic amines is 1. The molecular weight excluding hydrogens is 270 g/mol. The lowest BCUT2D eigenvalue weighted by Crippen LogP contribution is -1.92. The van der Waals surface area contributed by atoms with Crippen molar-refractivity contribution in [1.29, 1.82) is 0 Å². The predicted molar refractivity (Wildman–Crippen MR) is 77.0 cm³/mol. The zero-order valence-electron chi connectivity index (χ0n) is 11.5. The molecule has 106 valence electrons. The average Bonchev–Trinajstić information content (AvgIpc) is 2.99. The minimum atomic E-state index is -0.511. The number of carbonyl (C=O) groups excluding carboxylic acids is 1. The average molecular weight is 283 g/mol. The quantitative estimate of drug-likeness (QED) is 0.696. The fraction of sp³-hybridized carbons (Fsp3) is 0.133. The Balaban J connectivity index is 2.00. The lowest BCUT2D eigenvalue weighted by atomic mass is 10.1. The molecule has 0 unspecified atom stereocenters. The van der Waals surface area contributed by atoms with Gasteiger partial charge in [0.1, 0.15) is 5.76 Å². The molecule has 1 aromatic carbocycles. The van der Waals surface area contributed by atoms with Crippen LogP contribution in [0.2, 0.25) is 0 Å². The summed E-state index contributed by atoms with van der Waals surface area (Å²) in [5.41, 5.74) is 2.37. The number of rotatable bonds is 2. The van der Waals surface area contributed by atoms with Gasteiger partial charge in [-0.2, -0.15) is 0 Å². The van der Waals surface area contributed by atoms with Crippen molar-refractivity contribution < 1.29 is 14.3 Å². The van der Waals surface area contributed by atoms with Gasteiger partial charge >= 0.3 is 0 Å². The maximum Gasteiger partial charge on any atom is 0.298 e. The van der Waals surface area contributed by atoms with E-state index in [1.54, 1.807) is 6.92 Å². The van der Waals surface area contributed by atoms with E-state index < -0.39 is 5.91 Å². The van der Waals surface area contributed by atoms with Crippen LogP contribution >= 0.6 is 0 Å². The second-order valence-electron chi connectivity index (χ2n) is 4.77. The van der Waals surface area contributed by atoms with Gasteiger partial charge in [0.05, 0.1) is 17.3 Å². The summed E-state index contributed by atoms with van der Waals surface area (Å²) in [5, 5.41) is 18.1. The molecule has 21 heavy (non-hydrogen) atoms.